The first-order chi connectivity index (χ1) is 7.69. The van der Waals surface area contributed by atoms with E-state index in [1.807, 2.05) is 0 Å². The van der Waals surface area contributed by atoms with Gasteiger partial charge in [0, 0.05) is 7.11 Å². The van der Waals surface area contributed by atoms with Crippen LogP contribution in [0.25, 0.3) is 0 Å². The molecule has 0 aliphatic carbocycles. The molecule has 1 aromatic heterocycles. The Hall–Kier alpha value is -2.07. The lowest BCUT2D eigenvalue weighted by Crippen LogP contribution is -2.10. The second kappa shape index (κ2) is 5.72. The van der Waals surface area contributed by atoms with Gasteiger partial charge in [0.15, 0.2) is 12.0 Å². The van der Waals surface area contributed by atoms with Crippen molar-refractivity contribution in [2.24, 2.45) is 0 Å². The maximum atomic E-state index is 8.50. The fraction of sp³-hybridized carbons (Fsp3) is 0.444. The standard InChI is InChI=1S/C9H13N5O2/c1-6-7(11)8(12-5-10)14-9(13-6)16-4-3-15-2/h3-4,11H2,1-2H3,(H,12,13,14). The Labute approximate surface area is 93.2 Å². The molecular weight excluding hydrogens is 210 g/mol. The molecule has 0 bridgehead atoms. The predicted octanol–water partition coefficient (Wildman–Crippen LogP) is 0.285. The number of ether oxygens (including phenoxy) is 2. The molecular formula is C9H13N5O2. The zero-order valence-corrected chi connectivity index (χ0v) is 9.15. The summed E-state index contributed by atoms with van der Waals surface area (Å²) >= 11 is 0. The van der Waals surface area contributed by atoms with Crippen molar-refractivity contribution in [3.05, 3.63) is 5.69 Å². The van der Waals surface area contributed by atoms with Crippen LogP contribution in [0.1, 0.15) is 5.69 Å². The van der Waals surface area contributed by atoms with Gasteiger partial charge in [-0.1, -0.05) is 0 Å². The zero-order chi connectivity index (χ0) is 12.0. The molecule has 0 saturated heterocycles. The highest BCUT2D eigenvalue weighted by atomic mass is 16.5. The molecule has 0 atom stereocenters. The predicted molar refractivity (Wildman–Crippen MR) is 57.8 cm³/mol. The van der Waals surface area contributed by atoms with E-state index in [0.717, 1.165) is 0 Å². The molecule has 0 fully saturated rings. The van der Waals surface area contributed by atoms with Gasteiger partial charge in [-0.25, -0.2) is 0 Å². The number of nitriles is 1. The van der Waals surface area contributed by atoms with Crippen LogP contribution in [0.2, 0.25) is 0 Å². The summed E-state index contributed by atoms with van der Waals surface area (Å²) in [6.07, 6.45) is 1.75. The summed E-state index contributed by atoms with van der Waals surface area (Å²) in [5.74, 6) is 0.252. The van der Waals surface area contributed by atoms with Gasteiger partial charge in [0.1, 0.15) is 6.61 Å². The van der Waals surface area contributed by atoms with Crippen LogP contribution in [0.5, 0.6) is 6.01 Å². The van der Waals surface area contributed by atoms with Gasteiger partial charge in [0.2, 0.25) is 0 Å². The summed E-state index contributed by atoms with van der Waals surface area (Å²) in [6.45, 7) is 2.49. The third-order valence-electron chi connectivity index (χ3n) is 1.81. The minimum Gasteiger partial charge on any atom is -0.461 e. The van der Waals surface area contributed by atoms with Crippen LogP contribution in [-0.4, -0.2) is 30.3 Å². The number of aromatic nitrogens is 2. The van der Waals surface area contributed by atoms with Gasteiger partial charge in [0.25, 0.3) is 0 Å². The summed E-state index contributed by atoms with van der Waals surface area (Å²) in [6, 6.07) is 0.168. The number of aryl methyl sites for hydroxylation is 1. The first kappa shape index (κ1) is 12.0. The molecule has 7 nitrogen and oxygen atoms in total. The largest absolute Gasteiger partial charge is 0.461 e. The van der Waals surface area contributed by atoms with Crippen LogP contribution in [0.15, 0.2) is 0 Å². The monoisotopic (exact) mass is 223 g/mol. The molecule has 0 aliphatic rings. The fourth-order valence-electron chi connectivity index (χ4n) is 0.985. The molecule has 0 unspecified atom stereocenters. The van der Waals surface area contributed by atoms with E-state index in [4.69, 9.17) is 20.5 Å². The van der Waals surface area contributed by atoms with E-state index in [2.05, 4.69) is 15.3 Å². The number of nitrogen functional groups attached to an aromatic ring is 1. The minimum absolute atomic E-state index is 0.168. The fourth-order valence-corrected chi connectivity index (χ4v) is 0.985. The molecule has 0 radical (unpaired) electrons. The summed E-state index contributed by atoms with van der Waals surface area (Å²) in [5.41, 5.74) is 6.56. The second-order valence-electron chi connectivity index (χ2n) is 2.93. The molecule has 0 saturated carbocycles. The van der Waals surface area contributed by atoms with E-state index >= 15 is 0 Å². The number of anilines is 2. The average Bonchev–Trinajstić information content (AvgIpc) is 2.26. The normalized spacial score (nSPS) is 9.56. The Morgan fingerprint density at radius 1 is 1.44 bits per heavy atom. The molecule has 0 amide bonds. The van der Waals surface area contributed by atoms with Gasteiger partial charge < -0.3 is 15.2 Å². The molecule has 0 spiro atoms. The third kappa shape index (κ3) is 2.96. The topological polar surface area (TPSA) is 106 Å². The van der Waals surface area contributed by atoms with Gasteiger partial charge in [-0.05, 0) is 6.92 Å². The summed E-state index contributed by atoms with van der Waals surface area (Å²) in [5, 5.41) is 10.9. The van der Waals surface area contributed by atoms with Crippen molar-refractivity contribution in [3.63, 3.8) is 0 Å². The van der Waals surface area contributed by atoms with Gasteiger partial charge >= 0.3 is 6.01 Å². The maximum Gasteiger partial charge on any atom is 0.318 e. The van der Waals surface area contributed by atoms with Crippen molar-refractivity contribution < 1.29 is 9.47 Å². The van der Waals surface area contributed by atoms with Crippen LogP contribution in [-0.2, 0) is 4.74 Å². The molecule has 0 aliphatic heterocycles. The Morgan fingerprint density at radius 3 is 2.81 bits per heavy atom. The SMILES string of the molecule is COCCOc1nc(C)c(N)c(NC#N)n1. The van der Waals surface area contributed by atoms with Crippen LogP contribution < -0.4 is 15.8 Å². The van der Waals surface area contributed by atoms with E-state index < -0.39 is 0 Å². The smallest absolute Gasteiger partial charge is 0.318 e. The second-order valence-corrected chi connectivity index (χ2v) is 2.93. The highest BCUT2D eigenvalue weighted by Crippen LogP contribution is 2.20. The highest BCUT2D eigenvalue weighted by molar-refractivity contribution is 5.65. The van der Waals surface area contributed by atoms with Gasteiger partial charge in [-0.2, -0.15) is 15.2 Å². The third-order valence-corrected chi connectivity index (χ3v) is 1.81. The number of nitrogens with one attached hydrogen (secondary N) is 1. The van der Waals surface area contributed by atoms with Gasteiger partial charge in [0.05, 0.1) is 18.0 Å². The Morgan fingerprint density at radius 2 is 2.19 bits per heavy atom. The lowest BCUT2D eigenvalue weighted by atomic mass is 10.3. The van der Waals surface area contributed by atoms with Crippen molar-refractivity contribution in [1.29, 1.82) is 5.26 Å². The van der Waals surface area contributed by atoms with Crippen LogP contribution in [0.4, 0.5) is 11.5 Å². The van der Waals surface area contributed by atoms with Crippen molar-refractivity contribution >= 4 is 11.5 Å². The molecule has 0 aromatic carbocycles. The van der Waals surface area contributed by atoms with Crippen LogP contribution in [0, 0.1) is 18.4 Å². The van der Waals surface area contributed by atoms with E-state index in [1.165, 1.54) is 0 Å². The highest BCUT2D eigenvalue weighted by Gasteiger charge is 2.09. The summed E-state index contributed by atoms with van der Waals surface area (Å²) in [4.78, 5) is 7.97. The van der Waals surface area contributed by atoms with Crippen molar-refractivity contribution in [2.45, 2.75) is 6.92 Å². The van der Waals surface area contributed by atoms with Crippen molar-refractivity contribution in [2.75, 3.05) is 31.4 Å². The van der Waals surface area contributed by atoms with Crippen LogP contribution >= 0.6 is 0 Å². The van der Waals surface area contributed by atoms with Crippen molar-refractivity contribution in [1.82, 2.24) is 9.97 Å². The Bertz CT molecular complexity index is 402. The van der Waals surface area contributed by atoms with Gasteiger partial charge in [-0.15, -0.1) is 0 Å². The quantitative estimate of drug-likeness (QED) is 0.419. The number of nitrogens with two attached hydrogens (primary N) is 1. The number of nitrogens with zero attached hydrogens (tertiary/aromatic N) is 3. The van der Waals surface area contributed by atoms with Gasteiger partial charge in [-0.3, -0.25) is 5.32 Å². The minimum atomic E-state index is 0.168. The first-order valence-electron chi connectivity index (χ1n) is 4.60. The van der Waals surface area contributed by atoms with E-state index in [0.29, 0.717) is 24.6 Å². The Kier molecular flexibility index (Phi) is 4.29. The molecule has 7 heteroatoms. The summed E-state index contributed by atoms with van der Waals surface area (Å²) in [7, 11) is 1.57. The average molecular weight is 223 g/mol. The number of methoxy groups -OCH3 is 1. The van der Waals surface area contributed by atoms with Crippen molar-refractivity contribution in [3.8, 4) is 12.2 Å². The van der Waals surface area contributed by atoms with E-state index in [1.54, 1.807) is 20.2 Å². The molecule has 1 rings (SSSR count). The molecule has 3 N–H and O–H groups in total. The number of hydrogen-bond donors (Lipinski definition) is 2. The zero-order valence-electron chi connectivity index (χ0n) is 9.15. The summed E-state index contributed by atoms with van der Waals surface area (Å²) < 4.78 is 10.0. The molecule has 1 aromatic rings. The maximum absolute atomic E-state index is 8.50. The molecule has 1 heterocycles. The van der Waals surface area contributed by atoms with E-state index in [9.17, 15) is 0 Å². The first-order valence-corrected chi connectivity index (χ1v) is 4.60. The molecule has 16 heavy (non-hydrogen) atoms. The number of rotatable bonds is 5. The number of hydrogen-bond acceptors (Lipinski definition) is 7. The lowest BCUT2D eigenvalue weighted by molar-refractivity contribution is 0.141. The van der Waals surface area contributed by atoms with Crippen LogP contribution in [0.3, 0.4) is 0 Å². The Balaban J connectivity index is 2.83. The lowest BCUT2D eigenvalue weighted by Gasteiger charge is -2.08. The molecule has 86 valence electrons. The van der Waals surface area contributed by atoms with E-state index in [-0.39, 0.29) is 11.8 Å².